The average Bonchev–Trinajstić information content (AvgIpc) is 3.11. The molecule has 4 rings (SSSR count). The molecule has 0 atom stereocenters. The van der Waals surface area contributed by atoms with Gasteiger partial charge in [-0.05, 0) is 0 Å². The number of nitrogens with one attached hydrogen (secondary N) is 1. The molecule has 0 aliphatic carbocycles. The first-order chi connectivity index (χ1) is 10.3. The van der Waals surface area contributed by atoms with E-state index in [2.05, 4.69) is 15.1 Å². The fraction of sp³-hybridized carbons (Fsp3) is 0.286. The van der Waals surface area contributed by atoms with E-state index in [9.17, 15) is 0 Å². The van der Waals surface area contributed by atoms with Gasteiger partial charge in [-0.1, -0.05) is 5.16 Å². The standard InChI is InChI=1S/C14H13N3O4/c1-18-7-8-4-11(17-21-8)14-15-9-5-12-13(6-10(9)16-14)20-3-2-19-12/h4-6H,2-3,7H2,1H3,(H,15,16). The van der Waals surface area contributed by atoms with E-state index in [1.807, 2.05) is 12.1 Å². The molecule has 3 heterocycles. The van der Waals surface area contributed by atoms with Crippen LogP contribution in [0.4, 0.5) is 0 Å². The summed E-state index contributed by atoms with van der Waals surface area (Å²) >= 11 is 0. The topological polar surface area (TPSA) is 82.4 Å². The van der Waals surface area contributed by atoms with Crippen LogP contribution >= 0.6 is 0 Å². The molecule has 0 unspecified atom stereocenters. The van der Waals surface area contributed by atoms with E-state index < -0.39 is 0 Å². The molecule has 0 saturated carbocycles. The Labute approximate surface area is 119 Å². The minimum atomic E-state index is 0.378. The van der Waals surface area contributed by atoms with Crippen molar-refractivity contribution in [1.29, 1.82) is 0 Å². The summed E-state index contributed by atoms with van der Waals surface area (Å²) < 4.78 is 21.3. The van der Waals surface area contributed by atoms with Crippen molar-refractivity contribution >= 4 is 11.0 Å². The number of aromatic nitrogens is 3. The number of fused-ring (bicyclic) bond motifs is 2. The molecule has 1 aliphatic rings. The van der Waals surface area contributed by atoms with E-state index in [4.69, 9.17) is 18.7 Å². The summed E-state index contributed by atoms with van der Waals surface area (Å²) in [5, 5.41) is 3.99. The SMILES string of the molecule is COCc1cc(-c2nc3cc4c(cc3[nH]2)OCCO4)no1. The second-order valence-corrected chi connectivity index (χ2v) is 4.71. The Morgan fingerprint density at radius 2 is 2.00 bits per heavy atom. The molecule has 1 aliphatic heterocycles. The van der Waals surface area contributed by atoms with Crippen molar-refractivity contribution in [2.75, 3.05) is 20.3 Å². The van der Waals surface area contributed by atoms with Crippen molar-refractivity contribution in [3.05, 3.63) is 24.0 Å². The van der Waals surface area contributed by atoms with Crippen molar-refractivity contribution in [2.45, 2.75) is 6.61 Å². The molecule has 0 spiro atoms. The van der Waals surface area contributed by atoms with E-state index in [0.29, 0.717) is 42.8 Å². The van der Waals surface area contributed by atoms with Crippen LogP contribution in [0.1, 0.15) is 5.76 Å². The van der Waals surface area contributed by atoms with Gasteiger partial charge < -0.3 is 23.7 Å². The predicted molar refractivity (Wildman–Crippen MR) is 73.3 cm³/mol. The zero-order chi connectivity index (χ0) is 14.2. The molecule has 3 aromatic rings. The first kappa shape index (κ1) is 12.2. The first-order valence-electron chi connectivity index (χ1n) is 6.58. The Morgan fingerprint density at radius 1 is 1.19 bits per heavy atom. The number of ether oxygens (including phenoxy) is 3. The van der Waals surface area contributed by atoms with E-state index in [0.717, 1.165) is 16.8 Å². The van der Waals surface area contributed by atoms with E-state index in [-0.39, 0.29) is 0 Å². The molecule has 7 nitrogen and oxygen atoms in total. The third kappa shape index (κ3) is 2.11. The van der Waals surface area contributed by atoms with Gasteiger partial charge in [0.1, 0.15) is 25.5 Å². The first-order valence-corrected chi connectivity index (χ1v) is 6.58. The summed E-state index contributed by atoms with van der Waals surface area (Å²) in [6, 6.07) is 5.55. The lowest BCUT2D eigenvalue weighted by Gasteiger charge is -2.17. The highest BCUT2D eigenvalue weighted by molar-refractivity contribution is 5.82. The molecule has 0 bridgehead atoms. The second kappa shape index (κ2) is 4.78. The van der Waals surface area contributed by atoms with Gasteiger partial charge in [-0.2, -0.15) is 0 Å². The lowest BCUT2D eigenvalue weighted by atomic mass is 10.2. The Hall–Kier alpha value is -2.54. The Balaban J connectivity index is 1.75. The van der Waals surface area contributed by atoms with Gasteiger partial charge in [0.25, 0.3) is 0 Å². The Kier molecular flexibility index (Phi) is 2.78. The number of nitrogens with zero attached hydrogens (tertiary/aromatic N) is 2. The molecule has 0 radical (unpaired) electrons. The number of H-pyrrole nitrogens is 1. The number of hydrogen-bond acceptors (Lipinski definition) is 6. The molecule has 108 valence electrons. The highest BCUT2D eigenvalue weighted by Crippen LogP contribution is 2.34. The minimum absolute atomic E-state index is 0.378. The van der Waals surface area contributed by atoms with Crippen molar-refractivity contribution in [3.63, 3.8) is 0 Å². The van der Waals surface area contributed by atoms with Gasteiger partial charge >= 0.3 is 0 Å². The fourth-order valence-electron chi connectivity index (χ4n) is 2.30. The maximum Gasteiger partial charge on any atom is 0.163 e. The molecular formula is C14H13N3O4. The maximum atomic E-state index is 5.56. The van der Waals surface area contributed by atoms with Gasteiger partial charge in [-0.15, -0.1) is 0 Å². The Morgan fingerprint density at radius 3 is 2.81 bits per heavy atom. The molecule has 1 aromatic carbocycles. The Bertz CT molecular complexity index is 750. The van der Waals surface area contributed by atoms with Crippen molar-refractivity contribution in [1.82, 2.24) is 15.1 Å². The summed E-state index contributed by atoms with van der Waals surface area (Å²) in [4.78, 5) is 7.72. The summed E-state index contributed by atoms with van der Waals surface area (Å²) in [6.07, 6.45) is 0. The van der Waals surface area contributed by atoms with Gasteiger partial charge in [0.2, 0.25) is 0 Å². The predicted octanol–water partition coefficient (Wildman–Crippen LogP) is 2.14. The quantitative estimate of drug-likeness (QED) is 0.794. The molecule has 0 saturated heterocycles. The number of rotatable bonds is 3. The van der Waals surface area contributed by atoms with E-state index >= 15 is 0 Å². The lowest BCUT2D eigenvalue weighted by Crippen LogP contribution is -2.15. The number of imidazole rings is 1. The normalized spacial score (nSPS) is 13.8. The van der Waals surface area contributed by atoms with Gasteiger partial charge in [0.15, 0.2) is 23.1 Å². The van der Waals surface area contributed by atoms with Gasteiger partial charge in [-0.25, -0.2) is 4.98 Å². The van der Waals surface area contributed by atoms with Crippen LogP contribution in [0.3, 0.4) is 0 Å². The van der Waals surface area contributed by atoms with Crippen LogP contribution in [-0.4, -0.2) is 35.4 Å². The average molecular weight is 287 g/mol. The zero-order valence-electron chi connectivity index (χ0n) is 11.4. The van der Waals surface area contributed by atoms with Gasteiger partial charge in [-0.3, -0.25) is 0 Å². The number of hydrogen-bond donors (Lipinski definition) is 1. The smallest absolute Gasteiger partial charge is 0.163 e. The third-order valence-electron chi connectivity index (χ3n) is 3.23. The van der Waals surface area contributed by atoms with Crippen molar-refractivity contribution in [2.24, 2.45) is 0 Å². The minimum Gasteiger partial charge on any atom is -0.486 e. The number of aromatic amines is 1. The summed E-state index contributed by atoms with van der Waals surface area (Å²) in [5.74, 6) is 2.73. The molecule has 0 fully saturated rings. The lowest BCUT2D eigenvalue weighted by molar-refractivity contribution is 0.156. The number of benzene rings is 1. The molecule has 0 amide bonds. The molecular weight excluding hydrogens is 274 g/mol. The van der Waals surface area contributed by atoms with Gasteiger partial charge in [0, 0.05) is 25.3 Å². The zero-order valence-corrected chi connectivity index (χ0v) is 11.4. The third-order valence-corrected chi connectivity index (χ3v) is 3.23. The van der Waals surface area contributed by atoms with Crippen LogP contribution in [-0.2, 0) is 11.3 Å². The van der Waals surface area contributed by atoms with Crippen LogP contribution in [0, 0.1) is 0 Å². The van der Waals surface area contributed by atoms with Crippen LogP contribution in [0.2, 0.25) is 0 Å². The van der Waals surface area contributed by atoms with Crippen molar-refractivity contribution < 1.29 is 18.7 Å². The van der Waals surface area contributed by atoms with Crippen molar-refractivity contribution in [3.8, 4) is 23.0 Å². The van der Waals surface area contributed by atoms with E-state index in [1.54, 1.807) is 13.2 Å². The largest absolute Gasteiger partial charge is 0.486 e. The highest BCUT2D eigenvalue weighted by atomic mass is 16.6. The molecule has 2 aromatic heterocycles. The highest BCUT2D eigenvalue weighted by Gasteiger charge is 2.16. The molecule has 21 heavy (non-hydrogen) atoms. The molecule has 7 heteroatoms. The second-order valence-electron chi connectivity index (χ2n) is 4.71. The number of methoxy groups -OCH3 is 1. The fourth-order valence-corrected chi connectivity index (χ4v) is 2.30. The summed E-state index contributed by atoms with van der Waals surface area (Å²) in [7, 11) is 1.61. The van der Waals surface area contributed by atoms with Crippen LogP contribution in [0.25, 0.3) is 22.6 Å². The molecule has 1 N–H and O–H groups in total. The van der Waals surface area contributed by atoms with Crippen LogP contribution in [0.15, 0.2) is 22.7 Å². The maximum absolute atomic E-state index is 5.56. The monoisotopic (exact) mass is 287 g/mol. The van der Waals surface area contributed by atoms with E-state index in [1.165, 1.54) is 0 Å². The summed E-state index contributed by atoms with van der Waals surface area (Å²) in [5.41, 5.74) is 2.30. The van der Waals surface area contributed by atoms with Gasteiger partial charge in [0.05, 0.1) is 11.0 Å². The van der Waals surface area contributed by atoms with Crippen LogP contribution < -0.4 is 9.47 Å². The summed E-state index contributed by atoms with van der Waals surface area (Å²) in [6.45, 7) is 1.49. The van der Waals surface area contributed by atoms with Crippen LogP contribution in [0.5, 0.6) is 11.5 Å².